The molecule has 1 aromatic carbocycles. The first-order chi connectivity index (χ1) is 6.91. The summed E-state index contributed by atoms with van der Waals surface area (Å²) in [5.74, 6) is -1.87. The molecule has 0 aliphatic rings. The van der Waals surface area contributed by atoms with Crippen LogP contribution in [0.4, 0.5) is 4.39 Å². The summed E-state index contributed by atoms with van der Waals surface area (Å²) < 4.78 is 13.0. The second-order valence-corrected chi connectivity index (χ2v) is 4.02. The van der Waals surface area contributed by atoms with Crippen LogP contribution in [-0.4, -0.2) is 11.1 Å². The van der Waals surface area contributed by atoms with Crippen molar-refractivity contribution in [2.24, 2.45) is 5.92 Å². The molecule has 0 radical (unpaired) electrons. The van der Waals surface area contributed by atoms with Gasteiger partial charge in [0, 0.05) is 5.02 Å². The summed E-state index contributed by atoms with van der Waals surface area (Å²) in [4.78, 5) is 10.7. The van der Waals surface area contributed by atoms with Crippen molar-refractivity contribution in [2.45, 2.75) is 20.3 Å². The lowest BCUT2D eigenvalue weighted by molar-refractivity contribution is -0.141. The average molecular weight is 231 g/mol. The highest BCUT2D eigenvalue weighted by atomic mass is 35.5. The van der Waals surface area contributed by atoms with Crippen LogP contribution in [0.1, 0.15) is 18.1 Å². The lowest BCUT2D eigenvalue weighted by atomic mass is 9.97. The Morgan fingerprint density at radius 2 is 2.20 bits per heavy atom. The summed E-state index contributed by atoms with van der Waals surface area (Å²) >= 11 is 5.79. The van der Waals surface area contributed by atoms with E-state index in [0.29, 0.717) is 17.0 Å². The third kappa shape index (κ3) is 2.93. The summed E-state index contributed by atoms with van der Waals surface area (Å²) in [5.41, 5.74) is 1.39. The Hall–Kier alpha value is -1.09. The maximum atomic E-state index is 13.0. The van der Waals surface area contributed by atoms with E-state index in [2.05, 4.69) is 0 Å². The Kier molecular flexibility index (Phi) is 3.69. The number of carbonyl (C=O) groups is 1. The summed E-state index contributed by atoms with van der Waals surface area (Å²) in [5, 5.41) is 9.08. The van der Waals surface area contributed by atoms with Crippen LogP contribution in [0.15, 0.2) is 12.1 Å². The van der Waals surface area contributed by atoms with Crippen LogP contribution in [0.5, 0.6) is 0 Å². The smallest absolute Gasteiger partial charge is 0.306 e. The van der Waals surface area contributed by atoms with E-state index in [1.54, 1.807) is 13.8 Å². The number of hydrogen-bond acceptors (Lipinski definition) is 1. The molecule has 0 heterocycles. The van der Waals surface area contributed by atoms with Crippen molar-refractivity contribution in [3.05, 3.63) is 34.1 Å². The molecule has 1 N–H and O–H groups in total. The molecule has 0 spiro atoms. The number of rotatable bonds is 3. The molecule has 1 atom stereocenters. The first-order valence-electron chi connectivity index (χ1n) is 4.59. The fourth-order valence-electron chi connectivity index (χ4n) is 1.33. The fourth-order valence-corrected chi connectivity index (χ4v) is 1.55. The molecule has 1 rings (SSSR count). The van der Waals surface area contributed by atoms with Gasteiger partial charge in [-0.05, 0) is 36.6 Å². The van der Waals surface area contributed by atoms with Gasteiger partial charge in [-0.15, -0.1) is 0 Å². The number of carboxylic acid groups (broad SMARTS) is 1. The average Bonchev–Trinajstić information content (AvgIpc) is 2.13. The van der Waals surface area contributed by atoms with Crippen molar-refractivity contribution >= 4 is 17.6 Å². The Morgan fingerprint density at radius 3 is 2.73 bits per heavy atom. The number of benzene rings is 1. The minimum atomic E-state index is -0.894. The van der Waals surface area contributed by atoms with Crippen LogP contribution in [-0.2, 0) is 11.2 Å². The minimum absolute atomic E-state index is 0.290. The van der Waals surface area contributed by atoms with Gasteiger partial charge in [-0.3, -0.25) is 4.79 Å². The van der Waals surface area contributed by atoms with E-state index >= 15 is 0 Å². The quantitative estimate of drug-likeness (QED) is 0.867. The van der Waals surface area contributed by atoms with Gasteiger partial charge in [0.05, 0.1) is 5.92 Å². The van der Waals surface area contributed by atoms with Crippen molar-refractivity contribution in [1.29, 1.82) is 0 Å². The maximum absolute atomic E-state index is 13.0. The SMILES string of the molecule is Cc1c(Cl)cc(F)cc1CC(C)C(=O)O. The highest BCUT2D eigenvalue weighted by Crippen LogP contribution is 2.23. The van der Waals surface area contributed by atoms with Gasteiger partial charge in [0.15, 0.2) is 0 Å². The van der Waals surface area contributed by atoms with E-state index in [-0.39, 0.29) is 0 Å². The number of aliphatic carboxylic acids is 1. The van der Waals surface area contributed by atoms with Gasteiger partial charge in [0.25, 0.3) is 0 Å². The van der Waals surface area contributed by atoms with Crippen molar-refractivity contribution in [3.8, 4) is 0 Å². The standard InChI is InChI=1S/C11H12ClFO2/c1-6(11(14)15)3-8-4-9(13)5-10(12)7(8)2/h4-6H,3H2,1-2H3,(H,14,15). The van der Waals surface area contributed by atoms with Gasteiger partial charge in [-0.2, -0.15) is 0 Å². The van der Waals surface area contributed by atoms with E-state index in [1.807, 2.05) is 0 Å². The minimum Gasteiger partial charge on any atom is -0.481 e. The highest BCUT2D eigenvalue weighted by molar-refractivity contribution is 6.31. The van der Waals surface area contributed by atoms with Gasteiger partial charge in [0.1, 0.15) is 5.82 Å². The topological polar surface area (TPSA) is 37.3 Å². The normalized spacial score (nSPS) is 12.5. The number of halogens is 2. The van der Waals surface area contributed by atoms with Gasteiger partial charge < -0.3 is 5.11 Å². The molecule has 1 unspecified atom stereocenters. The van der Waals surface area contributed by atoms with Gasteiger partial charge in [0.2, 0.25) is 0 Å². The van der Waals surface area contributed by atoms with Crippen LogP contribution < -0.4 is 0 Å². The molecular formula is C11H12ClFO2. The van der Waals surface area contributed by atoms with Crippen LogP contribution >= 0.6 is 11.6 Å². The van der Waals surface area contributed by atoms with E-state index in [4.69, 9.17) is 16.7 Å². The number of hydrogen-bond donors (Lipinski definition) is 1. The first kappa shape index (κ1) is 12.0. The molecule has 0 bridgehead atoms. The summed E-state index contributed by atoms with van der Waals surface area (Å²) in [7, 11) is 0. The molecule has 0 aromatic heterocycles. The third-order valence-corrected chi connectivity index (χ3v) is 2.76. The zero-order valence-corrected chi connectivity index (χ0v) is 9.31. The van der Waals surface area contributed by atoms with Crippen LogP contribution in [0, 0.1) is 18.7 Å². The van der Waals surface area contributed by atoms with Gasteiger partial charge in [-0.1, -0.05) is 18.5 Å². The Morgan fingerprint density at radius 1 is 1.60 bits per heavy atom. The zero-order valence-electron chi connectivity index (χ0n) is 8.55. The molecule has 0 amide bonds. The molecule has 0 saturated heterocycles. The molecule has 1 aromatic rings. The number of carboxylic acids is 1. The first-order valence-corrected chi connectivity index (χ1v) is 4.97. The van der Waals surface area contributed by atoms with Crippen LogP contribution in [0.2, 0.25) is 5.02 Å². The molecule has 0 aliphatic carbocycles. The van der Waals surface area contributed by atoms with Crippen molar-refractivity contribution < 1.29 is 14.3 Å². The Bertz CT molecular complexity index is 390. The molecule has 82 valence electrons. The zero-order chi connectivity index (χ0) is 11.6. The third-order valence-electron chi connectivity index (χ3n) is 2.36. The Labute approximate surface area is 92.7 Å². The van der Waals surface area contributed by atoms with E-state index in [1.165, 1.54) is 12.1 Å². The molecule has 0 fully saturated rings. The van der Waals surface area contributed by atoms with Crippen molar-refractivity contribution in [1.82, 2.24) is 0 Å². The van der Waals surface area contributed by atoms with E-state index in [0.717, 1.165) is 5.56 Å². The van der Waals surface area contributed by atoms with Crippen molar-refractivity contribution in [3.63, 3.8) is 0 Å². The second-order valence-electron chi connectivity index (χ2n) is 3.62. The summed E-state index contributed by atoms with van der Waals surface area (Å²) in [6, 6.07) is 2.56. The molecule has 4 heteroatoms. The predicted octanol–water partition coefficient (Wildman–Crippen LogP) is 3.05. The van der Waals surface area contributed by atoms with E-state index in [9.17, 15) is 9.18 Å². The lowest BCUT2D eigenvalue weighted by Crippen LogP contribution is -2.13. The predicted molar refractivity (Wildman–Crippen MR) is 56.7 cm³/mol. The summed E-state index contributed by atoms with van der Waals surface area (Å²) in [6.45, 7) is 3.34. The molecule has 0 saturated carbocycles. The van der Waals surface area contributed by atoms with Crippen LogP contribution in [0.25, 0.3) is 0 Å². The molecular weight excluding hydrogens is 219 g/mol. The molecule has 2 nitrogen and oxygen atoms in total. The highest BCUT2D eigenvalue weighted by Gasteiger charge is 2.14. The molecule has 15 heavy (non-hydrogen) atoms. The van der Waals surface area contributed by atoms with Gasteiger partial charge in [-0.25, -0.2) is 4.39 Å². The monoisotopic (exact) mass is 230 g/mol. The van der Waals surface area contributed by atoms with Gasteiger partial charge >= 0.3 is 5.97 Å². The largest absolute Gasteiger partial charge is 0.481 e. The van der Waals surface area contributed by atoms with Crippen molar-refractivity contribution in [2.75, 3.05) is 0 Å². The summed E-state index contributed by atoms with van der Waals surface area (Å²) in [6.07, 6.45) is 0.290. The fraction of sp³-hybridized carbons (Fsp3) is 0.364. The van der Waals surface area contributed by atoms with Crippen LogP contribution in [0.3, 0.4) is 0 Å². The molecule has 0 aliphatic heterocycles. The lowest BCUT2D eigenvalue weighted by Gasteiger charge is -2.10. The maximum Gasteiger partial charge on any atom is 0.306 e. The Balaban J connectivity index is 2.99. The second kappa shape index (κ2) is 4.62. The van der Waals surface area contributed by atoms with E-state index < -0.39 is 17.7 Å².